The lowest BCUT2D eigenvalue weighted by Crippen LogP contribution is -2.47. The van der Waals surface area contributed by atoms with Crippen LogP contribution >= 0.6 is 0 Å². The molecule has 1 rings (SSSR count). The summed E-state index contributed by atoms with van der Waals surface area (Å²) in [5.74, 6) is 4.93. The van der Waals surface area contributed by atoms with Crippen LogP contribution in [0.1, 0.15) is 33.1 Å². The quantitative estimate of drug-likeness (QED) is 0.307. The summed E-state index contributed by atoms with van der Waals surface area (Å²) in [7, 11) is 0. The second-order valence-corrected chi connectivity index (χ2v) is 4.51. The van der Waals surface area contributed by atoms with Crippen molar-refractivity contribution in [1.82, 2.24) is 10.3 Å². The van der Waals surface area contributed by atoms with Crippen LogP contribution in [0.4, 0.5) is 0 Å². The molecule has 1 amide bonds. The molecule has 0 aromatic heterocycles. The normalized spacial score (nSPS) is 26.7. The van der Waals surface area contributed by atoms with Crippen LogP contribution in [0.15, 0.2) is 0 Å². The van der Waals surface area contributed by atoms with Crippen molar-refractivity contribution in [3.63, 3.8) is 0 Å². The lowest BCUT2D eigenvalue weighted by Gasteiger charge is -2.36. The van der Waals surface area contributed by atoms with Gasteiger partial charge in [0.1, 0.15) is 0 Å². The summed E-state index contributed by atoms with van der Waals surface area (Å²) in [5, 5.41) is 0. The molecule has 0 aromatic carbocycles. The van der Waals surface area contributed by atoms with Crippen LogP contribution in [-0.4, -0.2) is 42.6 Å². The van der Waals surface area contributed by atoms with Crippen LogP contribution in [0.5, 0.6) is 0 Å². The van der Waals surface area contributed by atoms with E-state index in [2.05, 4.69) is 24.2 Å². The van der Waals surface area contributed by atoms with Gasteiger partial charge >= 0.3 is 0 Å². The minimum Gasteiger partial charge on any atom is -0.376 e. The van der Waals surface area contributed by atoms with Gasteiger partial charge in [-0.3, -0.25) is 15.1 Å². The molecule has 1 aliphatic heterocycles. The number of hydrogen-bond acceptors (Lipinski definition) is 4. The third-order valence-corrected chi connectivity index (χ3v) is 3.00. The van der Waals surface area contributed by atoms with Crippen molar-refractivity contribution in [2.24, 2.45) is 5.84 Å². The largest absolute Gasteiger partial charge is 0.376 e. The van der Waals surface area contributed by atoms with Crippen LogP contribution in [0.3, 0.4) is 0 Å². The molecule has 0 bridgehead atoms. The van der Waals surface area contributed by atoms with Gasteiger partial charge in [0.15, 0.2) is 0 Å². The number of carbonyl (C=O) groups excluding carboxylic acids is 1. The number of nitrogens with zero attached hydrogens (tertiary/aromatic N) is 1. The Kier molecular flexibility index (Phi) is 5.73. The summed E-state index contributed by atoms with van der Waals surface area (Å²) < 4.78 is 5.56. The van der Waals surface area contributed by atoms with Gasteiger partial charge in [-0.15, -0.1) is 0 Å². The van der Waals surface area contributed by atoms with E-state index >= 15 is 0 Å². The minimum absolute atomic E-state index is 0.0802. The highest BCUT2D eigenvalue weighted by atomic mass is 16.5. The lowest BCUT2D eigenvalue weighted by atomic mass is 10.1. The molecule has 1 heterocycles. The molecule has 5 nitrogen and oxygen atoms in total. The highest BCUT2D eigenvalue weighted by Gasteiger charge is 2.22. The van der Waals surface area contributed by atoms with Gasteiger partial charge in [0, 0.05) is 19.0 Å². The molecular weight excluding hydrogens is 206 g/mol. The van der Waals surface area contributed by atoms with Gasteiger partial charge in [0.2, 0.25) is 5.91 Å². The molecule has 0 saturated carbocycles. The molecule has 3 N–H and O–H groups in total. The Morgan fingerprint density at radius 3 is 2.94 bits per heavy atom. The maximum Gasteiger partial charge on any atom is 0.233 e. The molecule has 1 aliphatic rings. The van der Waals surface area contributed by atoms with Crippen molar-refractivity contribution >= 4 is 5.91 Å². The summed E-state index contributed by atoms with van der Waals surface area (Å²) in [4.78, 5) is 13.3. The van der Waals surface area contributed by atoms with E-state index in [1.165, 1.54) is 0 Å². The van der Waals surface area contributed by atoms with Crippen molar-refractivity contribution < 1.29 is 9.53 Å². The Bertz CT molecular complexity index is 223. The van der Waals surface area contributed by atoms with E-state index in [-0.39, 0.29) is 5.91 Å². The molecule has 1 saturated heterocycles. The Balaban J connectivity index is 2.13. The maximum atomic E-state index is 10.9. The molecule has 0 aromatic rings. The monoisotopic (exact) mass is 229 g/mol. The number of amides is 1. The van der Waals surface area contributed by atoms with Crippen LogP contribution in [-0.2, 0) is 9.53 Å². The standard InChI is InChI=1S/C11H23N3O2/c1-9-8-16-10(2)7-14(9)6-4-3-5-11(15)13-12/h9-10H,3-8,12H2,1-2H3,(H,13,15). The summed E-state index contributed by atoms with van der Waals surface area (Å²) in [6, 6.07) is 0.486. The maximum absolute atomic E-state index is 10.9. The molecule has 0 radical (unpaired) electrons. The number of hydrazine groups is 1. The topological polar surface area (TPSA) is 67.6 Å². The summed E-state index contributed by atoms with van der Waals surface area (Å²) in [5.41, 5.74) is 2.15. The highest BCUT2D eigenvalue weighted by molar-refractivity contribution is 5.75. The van der Waals surface area contributed by atoms with Gasteiger partial charge < -0.3 is 4.74 Å². The average molecular weight is 229 g/mol. The van der Waals surface area contributed by atoms with Crippen molar-refractivity contribution in [3.8, 4) is 0 Å². The first-order valence-electron chi connectivity index (χ1n) is 5.98. The van der Waals surface area contributed by atoms with Gasteiger partial charge in [-0.2, -0.15) is 0 Å². The van der Waals surface area contributed by atoms with E-state index in [4.69, 9.17) is 10.6 Å². The molecule has 94 valence electrons. The number of morpholine rings is 1. The fourth-order valence-electron chi connectivity index (χ4n) is 1.96. The first-order chi connectivity index (χ1) is 7.63. The van der Waals surface area contributed by atoms with Crippen molar-refractivity contribution in [3.05, 3.63) is 0 Å². The Hall–Kier alpha value is -0.650. The number of carbonyl (C=O) groups is 1. The zero-order valence-electron chi connectivity index (χ0n) is 10.2. The van der Waals surface area contributed by atoms with E-state index in [1.54, 1.807) is 0 Å². The van der Waals surface area contributed by atoms with Gasteiger partial charge in [-0.05, 0) is 33.2 Å². The predicted octanol–water partition coefficient (Wildman–Crippen LogP) is 0.256. The Morgan fingerprint density at radius 2 is 2.25 bits per heavy atom. The smallest absolute Gasteiger partial charge is 0.233 e. The fraction of sp³-hybridized carbons (Fsp3) is 0.909. The predicted molar refractivity (Wildman–Crippen MR) is 62.6 cm³/mol. The molecular formula is C11H23N3O2. The van der Waals surface area contributed by atoms with E-state index in [0.29, 0.717) is 18.6 Å². The van der Waals surface area contributed by atoms with Crippen molar-refractivity contribution in [1.29, 1.82) is 0 Å². The minimum atomic E-state index is -0.0802. The molecule has 2 unspecified atom stereocenters. The molecule has 0 spiro atoms. The number of nitrogens with one attached hydrogen (secondary N) is 1. The SMILES string of the molecule is CC1CN(CCCCC(=O)NN)C(C)CO1. The van der Waals surface area contributed by atoms with Gasteiger partial charge in [0.25, 0.3) is 0 Å². The third-order valence-electron chi connectivity index (χ3n) is 3.00. The second kappa shape index (κ2) is 6.83. The first kappa shape index (κ1) is 13.4. The van der Waals surface area contributed by atoms with Crippen molar-refractivity contribution in [2.45, 2.75) is 45.3 Å². The molecule has 1 fully saturated rings. The molecule has 16 heavy (non-hydrogen) atoms. The summed E-state index contributed by atoms with van der Waals surface area (Å²) >= 11 is 0. The molecule has 2 atom stereocenters. The second-order valence-electron chi connectivity index (χ2n) is 4.51. The fourth-order valence-corrected chi connectivity index (χ4v) is 1.96. The average Bonchev–Trinajstić information content (AvgIpc) is 2.28. The molecule has 0 aliphatic carbocycles. The number of rotatable bonds is 5. The third kappa shape index (κ3) is 4.47. The van der Waals surface area contributed by atoms with E-state index in [0.717, 1.165) is 32.5 Å². The van der Waals surface area contributed by atoms with Gasteiger partial charge in [-0.25, -0.2) is 5.84 Å². The number of hydrogen-bond donors (Lipinski definition) is 2. The Labute approximate surface area is 97.3 Å². The van der Waals surface area contributed by atoms with Crippen LogP contribution in [0, 0.1) is 0 Å². The number of nitrogens with two attached hydrogens (primary N) is 1. The van der Waals surface area contributed by atoms with E-state index < -0.39 is 0 Å². The number of ether oxygens (including phenoxy) is 1. The first-order valence-corrected chi connectivity index (χ1v) is 5.98. The zero-order valence-corrected chi connectivity index (χ0v) is 10.2. The van der Waals surface area contributed by atoms with Crippen LogP contribution in [0.25, 0.3) is 0 Å². The summed E-state index contributed by atoms with van der Waals surface area (Å²) in [6.07, 6.45) is 2.76. The van der Waals surface area contributed by atoms with Crippen molar-refractivity contribution in [2.75, 3.05) is 19.7 Å². The van der Waals surface area contributed by atoms with Gasteiger partial charge in [-0.1, -0.05) is 0 Å². The van der Waals surface area contributed by atoms with Crippen LogP contribution in [0.2, 0.25) is 0 Å². The van der Waals surface area contributed by atoms with Gasteiger partial charge in [0.05, 0.1) is 12.7 Å². The zero-order chi connectivity index (χ0) is 12.0. The van der Waals surface area contributed by atoms with E-state index in [1.807, 2.05) is 0 Å². The Morgan fingerprint density at radius 1 is 1.50 bits per heavy atom. The summed E-state index contributed by atoms with van der Waals surface area (Å²) in [6.45, 7) is 7.11. The van der Waals surface area contributed by atoms with Crippen LogP contribution < -0.4 is 11.3 Å². The lowest BCUT2D eigenvalue weighted by molar-refractivity contribution is -0.121. The highest BCUT2D eigenvalue weighted by Crippen LogP contribution is 2.12. The van der Waals surface area contributed by atoms with E-state index in [9.17, 15) is 4.79 Å². The number of unbranched alkanes of at least 4 members (excludes halogenated alkanes) is 1. The molecule has 5 heteroatoms.